The van der Waals surface area contributed by atoms with Crippen molar-refractivity contribution < 1.29 is 9.59 Å². The van der Waals surface area contributed by atoms with Crippen molar-refractivity contribution in [1.82, 2.24) is 0 Å². The summed E-state index contributed by atoms with van der Waals surface area (Å²) in [7, 11) is 0. The third-order valence-electron chi connectivity index (χ3n) is 2.84. The molecule has 0 aliphatic heterocycles. The first-order chi connectivity index (χ1) is 6.27. The lowest BCUT2D eigenvalue weighted by Crippen LogP contribution is -2.35. The maximum Gasteiger partial charge on any atom is 0.165 e. The van der Waals surface area contributed by atoms with Gasteiger partial charge >= 0.3 is 0 Å². The van der Waals surface area contributed by atoms with Crippen molar-refractivity contribution >= 4 is 11.6 Å². The Labute approximate surface area is 85.4 Å². The molecule has 0 saturated heterocycles. The fraction of sp³-hybridized carbons (Fsp3) is 0.667. The quantitative estimate of drug-likeness (QED) is 0.642. The van der Waals surface area contributed by atoms with Gasteiger partial charge in [-0.3, -0.25) is 9.59 Å². The van der Waals surface area contributed by atoms with Crippen molar-refractivity contribution in [2.24, 2.45) is 11.3 Å². The van der Waals surface area contributed by atoms with E-state index in [-0.39, 0.29) is 17.5 Å². The third kappa shape index (κ3) is 1.66. The Morgan fingerprint density at radius 3 is 2.14 bits per heavy atom. The molecule has 14 heavy (non-hydrogen) atoms. The van der Waals surface area contributed by atoms with Crippen LogP contribution in [0.15, 0.2) is 11.1 Å². The number of allylic oxidation sites excluding steroid dienone is 2. The van der Waals surface area contributed by atoms with Crippen LogP contribution in [0.4, 0.5) is 0 Å². The zero-order valence-electron chi connectivity index (χ0n) is 9.60. The molecule has 0 amide bonds. The second kappa shape index (κ2) is 3.34. The van der Waals surface area contributed by atoms with Gasteiger partial charge in [0.2, 0.25) is 0 Å². The number of hydrogen-bond donors (Lipinski definition) is 0. The van der Waals surface area contributed by atoms with Crippen LogP contribution < -0.4 is 0 Å². The minimum atomic E-state index is -0.500. The van der Waals surface area contributed by atoms with Gasteiger partial charge in [0.1, 0.15) is 0 Å². The number of carbonyl (C=O) groups excluding carboxylic acids is 2. The average Bonchev–Trinajstić information content (AvgIpc) is 1.98. The highest BCUT2D eigenvalue weighted by atomic mass is 16.1. The summed E-state index contributed by atoms with van der Waals surface area (Å²) in [6, 6.07) is 0. The molecule has 2 nitrogen and oxygen atoms in total. The molecular formula is C12H18O2. The van der Waals surface area contributed by atoms with Crippen LogP contribution in [0.1, 0.15) is 41.0 Å². The predicted molar refractivity (Wildman–Crippen MR) is 56.0 cm³/mol. The van der Waals surface area contributed by atoms with Gasteiger partial charge in [-0.1, -0.05) is 27.7 Å². The molecule has 0 N–H and O–H groups in total. The minimum Gasteiger partial charge on any atom is -0.294 e. The van der Waals surface area contributed by atoms with Gasteiger partial charge in [-0.2, -0.15) is 0 Å². The highest BCUT2D eigenvalue weighted by molar-refractivity contribution is 6.14. The van der Waals surface area contributed by atoms with Crippen LogP contribution >= 0.6 is 0 Å². The zero-order chi connectivity index (χ0) is 11.1. The Kier molecular flexibility index (Phi) is 2.66. The van der Waals surface area contributed by atoms with Gasteiger partial charge in [-0.15, -0.1) is 0 Å². The van der Waals surface area contributed by atoms with Gasteiger partial charge in [0, 0.05) is 17.4 Å². The number of hydrogen-bond acceptors (Lipinski definition) is 2. The normalized spacial score (nSPS) is 22.1. The molecule has 0 aromatic carbocycles. The maximum atomic E-state index is 11.9. The summed E-state index contributed by atoms with van der Waals surface area (Å²) < 4.78 is 0. The molecule has 0 aromatic heterocycles. The molecule has 0 bridgehead atoms. The van der Waals surface area contributed by atoms with E-state index in [0.29, 0.717) is 12.0 Å². The molecule has 0 radical (unpaired) electrons. The van der Waals surface area contributed by atoms with Gasteiger partial charge < -0.3 is 0 Å². The molecule has 0 saturated carbocycles. The third-order valence-corrected chi connectivity index (χ3v) is 2.84. The van der Waals surface area contributed by atoms with E-state index >= 15 is 0 Å². The molecule has 0 fully saturated rings. The van der Waals surface area contributed by atoms with E-state index in [1.165, 1.54) is 0 Å². The Bertz CT molecular complexity index is 319. The molecule has 2 heteroatoms. The van der Waals surface area contributed by atoms with E-state index in [0.717, 1.165) is 5.57 Å². The van der Waals surface area contributed by atoms with Crippen LogP contribution in [0.3, 0.4) is 0 Å². The number of ketones is 2. The SMILES string of the molecule is CC1=C(C(C)C)C(=O)CC(C)(C)C1=O. The van der Waals surface area contributed by atoms with Gasteiger partial charge in [0.25, 0.3) is 0 Å². The highest BCUT2D eigenvalue weighted by Gasteiger charge is 2.39. The van der Waals surface area contributed by atoms with E-state index in [2.05, 4.69) is 0 Å². The smallest absolute Gasteiger partial charge is 0.165 e. The van der Waals surface area contributed by atoms with E-state index < -0.39 is 5.41 Å². The van der Waals surface area contributed by atoms with Crippen molar-refractivity contribution in [2.45, 2.75) is 41.0 Å². The molecule has 78 valence electrons. The van der Waals surface area contributed by atoms with E-state index in [1.807, 2.05) is 27.7 Å². The zero-order valence-corrected chi connectivity index (χ0v) is 9.60. The topological polar surface area (TPSA) is 34.1 Å². The summed E-state index contributed by atoms with van der Waals surface area (Å²) in [6.07, 6.45) is 0.358. The van der Waals surface area contributed by atoms with E-state index in [1.54, 1.807) is 6.92 Å². The van der Waals surface area contributed by atoms with Crippen LogP contribution in [-0.2, 0) is 9.59 Å². The molecular weight excluding hydrogens is 176 g/mol. The fourth-order valence-corrected chi connectivity index (χ4v) is 2.17. The number of rotatable bonds is 1. The van der Waals surface area contributed by atoms with Gasteiger partial charge in [0.15, 0.2) is 11.6 Å². The Balaban J connectivity index is 3.24. The maximum absolute atomic E-state index is 11.9. The molecule has 1 aliphatic rings. The van der Waals surface area contributed by atoms with E-state index in [9.17, 15) is 9.59 Å². The molecule has 0 heterocycles. The lowest BCUT2D eigenvalue weighted by molar-refractivity contribution is -0.130. The lowest BCUT2D eigenvalue weighted by atomic mass is 9.71. The summed E-state index contributed by atoms with van der Waals surface area (Å²) in [5.41, 5.74) is 0.898. The second-order valence-corrected chi connectivity index (χ2v) is 5.01. The summed E-state index contributed by atoms with van der Waals surface area (Å²) in [5.74, 6) is 0.422. The first-order valence-electron chi connectivity index (χ1n) is 5.06. The molecule has 0 atom stereocenters. The number of carbonyl (C=O) groups is 2. The van der Waals surface area contributed by atoms with E-state index in [4.69, 9.17) is 0 Å². The lowest BCUT2D eigenvalue weighted by Gasteiger charge is -2.30. The van der Waals surface area contributed by atoms with Gasteiger partial charge in [-0.05, 0) is 18.4 Å². The summed E-state index contributed by atoms with van der Waals surface area (Å²) in [4.78, 5) is 23.7. The largest absolute Gasteiger partial charge is 0.294 e. The van der Waals surface area contributed by atoms with Crippen LogP contribution in [0.2, 0.25) is 0 Å². The minimum absolute atomic E-state index is 0.126. The van der Waals surface area contributed by atoms with Crippen molar-refractivity contribution in [2.75, 3.05) is 0 Å². The fourth-order valence-electron chi connectivity index (χ4n) is 2.17. The summed E-state index contributed by atoms with van der Waals surface area (Å²) in [6.45, 7) is 9.38. The van der Waals surface area contributed by atoms with Crippen LogP contribution in [0.5, 0.6) is 0 Å². The predicted octanol–water partition coefficient (Wildman–Crippen LogP) is 2.53. The summed E-state index contributed by atoms with van der Waals surface area (Å²) >= 11 is 0. The Morgan fingerprint density at radius 2 is 1.71 bits per heavy atom. The van der Waals surface area contributed by atoms with Crippen molar-refractivity contribution in [3.05, 3.63) is 11.1 Å². The number of Topliss-reactive ketones (excluding diaryl/α,β-unsaturated/α-hetero) is 2. The Hall–Kier alpha value is -0.920. The molecule has 0 aromatic rings. The van der Waals surface area contributed by atoms with Crippen molar-refractivity contribution in [3.63, 3.8) is 0 Å². The highest BCUT2D eigenvalue weighted by Crippen LogP contribution is 2.35. The van der Waals surface area contributed by atoms with Crippen molar-refractivity contribution in [3.8, 4) is 0 Å². The van der Waals surface area contributed by atoms with Crippen LogP contribution in [-0.4, -0.2) is 11.6 Å². The van der Waals surface area contributed by atoms with Crippen LogP contribution in [0, 0.1) is 11.3 Å². The van der Waals surface area contributed by atoms with Crippen molar-refractivity contribution in [1.29, 1.82) is 0 Å². The monoisotopic (exact) mass is 194 g/mol. The average molecular weight is 194 g/mol. The molecule has 1 aliphatic carbocycles. The Morgan fingerprint density at radius 1 is 1.21 bits per heavy atom. The van der Waals surface area contributed by atoms with Gasteiger partial charge in [-0.25, -0.2) is 0 Å². The second-order valence-electron chi connectivity index (χ2n) is 5.01. The first kappa shape index (κ1) is 11.2. The standard InChI is InChI=1S/C12H18O2/c1-7(2)10-8(3)11(14)12(4,5)6-9(10)13/h7H,6H2,1-5H3. The van der Waals surface area contributed by atoms with Crippen LogP contribution in [0.25, 0.3) is 0 Å². The molecule has 0 unspecified atom stereocenters. The molecule has 1 rings (SSSR count). The first-order valence-corrected chi connectivity index (χ1v) is 5.06. The molecule has 0 spiro atoms. The van der Waals surface area contributed by atoms with Gasteiger partial charge in [0.05, 0.1) is 0 Å². The summed E-state index contributed by atoms with van der Waals surface area (Å²) in [5, 5.41) is 0.